The Morgan fingerprint density at radius 3 is 2.14 bits per heavy atom. The first-order chi connectivity index (χ1) is 14.0. The Labute approximate surface area is 174 Å². The van der Waals surface area contributed by atoms with Gasteiger partial charge < -0.3 is 27.9 Å². The van der Waals surface area contributed by atoms with Gasteiger partial charge in [0, 0.05) is 31.9 Å². The van der Waals surface area contributed by atoms with E-state index in [1.165, 1.54) is 6.08 Å². The lowest BCUT2D eigenvalue weighted by Crippen LogP contribution is -2.45. The first-order valence-corrected chi connectivity index (χ1v) is 12.2. The van der Waals surface area contributed by atoms with Gasteiger partial charge in [0.1, 0.15) is 0 Å². The molecule has 0 amide bonds. The van der Waals surface area contributed by atoms with Crippen LogP contribution in [0.3, 0.4) is 0 Å². The first-order valence-electron chi connectivity index (χ1n) is 10.2. The normalized spacial score (nSPS) is 11.7. The van der Waals surface area contributed by atoms with Crippen LogP contribution in [0.5, 0.6) is 11.5 Å². The molecule has 0 aromatic heterocycles. The summed E-state index contributed by atoms with van der Waals surface area (Å²) in [4.78, 5) is 10.7. The van der Waals surface area contributed by atoms with Crippen molar-refractivity contribution in [1.82, 2.24) is 0 Å². The Morgan fingerprint density at radius 2 is 1.59 bits per heavy atom. The molecule has 7 nitrogen and oxygen atoms in total. The summed E-state index contributed by atoms with van der Waals surface area (Å²) in [6.45, 7) is 10.5. The zero-order valence-electron chi connectivity index (χ0n) is 17.9. The Kier molecular flexibility index (Phi) is 12.3. The lowest BCUT2D eigenvalue weighted by atomic mass is 10.2. The predicted octanol–water partition coefficient (Wildman–Crippen LogP) is 4.39. The van der Waals surface area contributed by atoms with Crippen molar-refractivity contribution >= 4 is 20.8 Å². The van der Waals surface area contributed by atoms with Gasteiger partial charge in [-0.25, -0.2) is 4.79 Å². The van der Waals surface area contributed by atoms with Crippen molar-refractivity contribution in [2.24, 2.45) is 0 Å². The van der Waals surface area contributed by atoms with Crippen LogP contribution in [0.4, 0.5) is 0 Å². The summed E-state index contributed by atoms with van der Waals surface area (Å²) in [5, 5.41) is 8.79. The SMILES string of the molecule is CCOc1ccc(/C=C/C(=O)O)cc1OCCCC[Si](OCC)(OCC)OCC. The molecule has 1 N–H and O–H groups in total. The van der Waals surface area contributed by atoms with Crippen LogP contribution in [0.15, 0.2) is 24.3 Å². The van der Waals surface area contributed by atoms with Crippen LogP contribution in [-0.2, 0) is 18.1 Å². The van der Waals surface area contributed by atoms with E-state index in [0.29, 0.717) is 44.5 Å². The van der Waals surface area contributed by atoms with Crippen molar-refractivity contribution < 1.29 is 32.7 Å². The number of carbonyl (C=O) groups is 1. The Hall–Kier alpha value is -1.87. The van der Waals surface area contributed by atoms with Crippen molar-refractivity contribution in [3.05, 3.63) is 29.8 Å². The van der Waals surface area contributed by atoms with Crippen LogP contribution >= 0.6 is 0 Å². The van der Waals surface area contributed by atoms with Gasteiger partial charge in [-0.3, -0.25) is 0 Å². The van der Waals surface area contributed by atoms with Gasteiger partial charge in [-0.15, -0.1) is 0 Å². The average Bonchev–Trinajstić information content (AvgIpc) is 2.68. The molecule has 0 fully saturated rings. The molecule has 0 aliphatic carbocycles. The summed E-state index contributed by atoms with van der Waals surface area (Å²) in [6, 6.07) is 6.11. The standard InChI is InChI=1S/C21H34O7Si/c1-5-24-19-13-11-18(12-14-21(22)23)17-20(19)25-15-9-10-16-29(26-6-2,27-7-3)28-8-4/h11-14,17H,5-10,15-16H2,1-4H3,(H,22,23)/b14-12+. The minimum Gasteiger partial charge on any atom is -0.490 e. The van der Waals surface area contributed by atoms with E-state index >= 15 is 0 Å². The number of carboxylic acid groups (broad SMARTS) is 1. The zero-order chi connectivity index (χ0) is 21.5. The van der Waals surface area contributed by atoms with Crippen LogP contribution in [0.1, 0.15) is 46.1 Å². The number of aliphatic carboxylic acids is 1. The zero-order valence-corrected chi connectivity index (χ0v) is 18.9. The third kappa shape index (κ3) is 9.45. The van der Waals surface area contributed by atoms with Gasteiger partial charge in [-0.1, -0.05) is 6.07 Å². The minimum atomic E-state index is -2.62. The van der Waals surface area contributed by atoms with Gasteiger partial charge in [0.15, 0.2) is 11.5 Å². The largest absolute Gasteiger partial charge is 0.500 e. The van der Waals surface area contributed by atoms with E-state index in [9.17, 15) is 4.79 Å². The molecule has 0 saturated carbocycles. The maximum absolute atomic E-state index is 10.7. The van der Waals surface area contributed by atoms with Crippen LogP contribution in [0.2, 0.25) is 6.04 Å². The summed E-state index contributed by atoms with van der Waals surface area (Å²) >= 11 is 0. The quantitative estimate of drug-likeness (QED) is 0.238. The fraction of sp³-hybridized carbons (Fsp3) is 0.571. The number of ether oxygens (including phenoxy) is 2. The number of benzene rings is 1. The summed E-state index contributed by atoms with van der Waals surface area (Å²) < 4.78 is 29.1. The molecule has 0 aliphatic heterocycles. The third-order valence-electron chi connectivity index (χ3n) is 3.91. The van der Waals surface area contributed by atoms with Crippen molar-refractivity contribution in [2.45, 2.75) is 46.6 Å². The summed E-state index contributed by atoms with van der Waals surface area (Å²) in [5.41, 5.74) is 0.737. The topological polar surface area (TPSA) is 83.5 Å². The van der Waals surface area contributed by atoms with Crippen molar-refractivity contribution in [3.8, 4) is 11.5 Å². The number of unbranched alkanes of at least 4 members (excludes halogenated alkanes) is 1. The van der Waals surface area contributed by atoms with Crippen molar-refractivity contribution in [1.29, 1.82) is 0 Å². The van der Waals surface area contributed by atoms with E-state index in [1.807, 2.05) is 27.7 Å². The minimum absolute atomic E-state index is 0.501. The molecule has 0 saturated heterocycles. The second-order valence-electron chi connectivity index (χ2n) is 6.10. The molecule has 1 aromatic carbocycles. The molecule has 0 atom stereocenters. The number of hydrogen-bond acceptors (Lipinski definition) is 6. The molecule has 0 unspecified atom stereocenters. The molecule has 29 heavy (non-hydrogen) atoms. The van der Waals surface area contributed by atoms with E-state index in [1.54, 1.807) is 18.2 Å². The summed E-state index contributed by atoms with van der Waals surface area (Å²) in [7, 11) is -2.62. The maximum atomic E-state index is 10.7. The smallest absolute Gasteiger partial charge is 0.490 e. The second-order valence-corrected chi connectivity index (χ2v) is 8.83. The van der Waals surface area contributed by atoms with Gasteiger partial charge in [0.2, 0.25) is 0 Å². The van der Waals surface area contributed by atoms with Crippen LogP contribution in [0.25, 0.3) is 6.08 Å². The molecule has 0 radical (unpaired) electrons. The van der Waals surface area contributed by atoms with Crippen LogP contribution in [0, 0.1) is 0 Å². The van der Waals surface area contributed by atoms with E-state index in [4.69, 9.17) is 27.9 Å². The lowest BCUT2D eigenvalue weighted by Gasteiger charge is -2.28. The van der Waals surface area contributed by atoms with E-state index in [2.05, 4.69) is 0 Å². The highest BCUT2D eigenvalue weighted by molar-refractivity contribution is 6.60. The van der Waals surface area contributed by atoms with E-state index < -0.39 is 14.8 Å². The highest BCUT2D eigenvalue weighted by atomic mass is 28.4. The van der Waals surface area contributed by atoms with Gasteiger partial charge in [0.05, 0.1) is 13.2 Å². The molecule has 8 heteroatoms. The van der Waals surface area contributed by atoms with Gasteiger partial charge in [-0.2, -0.15) is 0 Å². The molecule has 1 aromatic rings. The summed E-state index contributed by atoms with van der Waals surface area (Å²) in [6.07, 6.45) is 4.29. The predicted molar refractivity (Wildman–Crippen MR) is 114 cm³/mol. The summed E-state index contributed by atoms with van der Waals surface area (Å²) in [5.74, 6) is 0.246. The van der Waals surface area contributed by atoms with Gasteiger partial charge in [-0.05, 0) is 64.3 Å². The number of carboxylic acids is 1. The maximum Gasteiger partial charge on any atom is 0.500 e. The highest BCUT2D eigenvalue weighted by Crippen LogP contribution is 2.29. The average molecular weight is 427 g/mol. The molecule has 0 aliphatic rings. The number of hydrogen-bond donors (Lipinski definition) is 1. The second kappa shape index (κ2) is 14.2. The molecule has 0 spiro atoms. The van der Waals surface area contributed by atoms with Gasteiger partial charge in [0.25, 0.3) is 0 Å². The third-order valence-corrected chi connectivity index (χ3v) is 7.07. The van der Waals surface area contributed by atoms with Crippen LogP contribution in [-0.4, -0.2) is 52.9 Å². The molecule has 0 heterocycles. The fourth-order valence-electron chi connectivity index (χ4n) is 2.81. The Morgan fingerprint density at radius 1 is 0.931 bits per heavy atom. The highest BCUT2D eigenvalue weighted by Gasteiger charge is 2.39. The molecule has 0 bridgehead atoms. The van der Waals surface area contributed by atoms with Crippen molar-refractivity contribution in [3.63, 3.8) is 0 Å². The Bertz CT molecular complexity index is 616. The monoisotopic (exact) mass is 426 g/mol. The Balaban J connectivity index is 2.66. The number of rotatable bonds is 16. The fourth-order valence-corrected chi connectivity index (χ4v) is 5.50. The lowest BCUT2D eigenvalue weighted by molar-refractivity contribution is -0.131. The molecular weight excluding hydrogens is 392 g/mol. The van der Waals surface area contributed by atoms with E-state index in [-0.39, 0.29) is 0 Å². The van der Waals surface area contributed by atoms with Crippen LogP contribution < -0.4 is 9.47 Å². The van der Waals surface area contributed by atoms with Crippen molar-refractivity contribution in [2.75, 3.05) is 33.0 Å². The molecule has 1 rings (SSSR count). The molecular formula is C21H34O7Si. The van der Waals surface area contributed by atoms with E-state index in [0.717, 1.165) is 30.5 Å². The first kappa shape index (κ1) is 25.2. The van der Waals surface area contributed by atoms with Gasteiger partial charge >= 0.3 is 14.8 Å². The molecule has 164 valence electrons.